The summed E-state index contributed by atoms with van der Waals surface area (Å²) in [6, 6.07) is 7.82. The third-order valence-corrected chi connectivity index (χ3v) is 4.93. The number of hydrogen-bond acceptors (Lipinski definition) is 2. The van der Waals surface area contributed by atoms with E-state index in [-0.39, 0.29) is 18.4 Å². The second-order valence-electron chi connectivity index (χ2n) is 6.11. The average molecular weight is 368 g/mol. The van der Waals surface area contributed by atoms with Crippen LogP contribution in [0.1, 0.15) is 51.0 Å². The van der Waals surface area contributed by atoms with Crippen LogP contribution in [-0.2, 0) is 15.0 Å². The summed E-state index contributed by atoms with van der Waals surface area (Å²) in [7, 11) is 0. The van der Waals surface area contributed by atoms with Gasteiger partial charge in [0.15, 0.2) is 0 Å². The molecular weight excluding hydrogens is 346 g/mol. The lowest BCUT2D eigenvalue weighted by molar-refractivity contribution is -0.137. The zero-order chi connectivity index (χ0) is 16.2. The molecule has 1 atom stereocenters. The molecule has 1 amide bonds. The molecule has 1 aromatic carbocycles. The van der Waals surface area contributed by atoms with Crippen molar-refractivity contribution in [3.05, 3.63) is 34.3 Å². The van der Waals surface area contributed by atoms with Gasteiger partial charge in [0.1, 0.15) is 0 Å². The highest BCUT2D eigenvalue weighted by molar-refractivity contribution is 9.10. The minimum absolute atomic E-state index is 0.0287. The monoisotopic (exact) mass is 367 g/mol. The first-order valence-corrected chi connectivity index (χ1v) is 8.52. The summed E-state index contributed by atoms with van der Waals surface area (Å²) in [4.78, 5) is 23.5. The van der Waals surface area contributed by atoms with Crippen molar-refractivity contribution >= 4 is 27.8 Å². The van der Waals surface area contributed by atoms with Crippen LogP contribution in [0.5, 0.6) is 0 Å². The van der Waals surface area contributed by atoms with Crippen molar-refractivity contribution in [3.8, 4) is 0 Å². The largest absolute Gasteiger partial charge is 0.481 e. The van der Waals surface area contributed by atoms with E-state index in [0.29, 0.717) is 6.42 Å². The number of rotatable bonds is 6. The Balaban J connectivity index is 2.14. The molecule has 0 aliphatic heterocycles. The lowest BCUT2D eigenvalue weighted by Crippen LogP contribution is -2.46. The lowest BCUT2D eigenvalue weighted by atomic mass is 9.78. The van der Waals surface area contributed by atoms with Crippen LogP contribution in [0.2, 0.25) is 0 Å². The maximum absolute atomic E-state index is 12.9. The summed E-state index contributed by atoms with van der Waals surface area (Å²) in [6.45, 7) is 1.87. The fraction of sp³-hybridized carbons (Fsp3) is 0.529. The molecule has 2 N–H and O–H groups in total. The van der Waals surface area contributed by atoms with Crippen molar-refractivity contribution in [3.63, 3.8) is 0 Å². The predicted octanol–water partition coefficient (Wildman–Crippen LogP) is 3.63. The summed E-state index contributed by atoms with van der Waals surface area (Å²) < 4.78 is 0.975. The van der Waals surface area contributed by atoms with Crippen molar-refractivity contribution in [2.75, 3.05) is 0 Å². The zero-order valence-electron chi connectivity index (χ0n) is 12.8. The summed E-state index contributed by atoms with van der Waals surface area (Å²) in [5, 5.41) is 11.8. The number of benzene rings is 1. The van der Waals surface area contributed by atoms with Crippen LogP contribution in [0.4, 0.5) is 0 Å². The van der Waals surface area contributed by atoms with E-state index in [1.165, 1.54) is 0 Å². The molecule has 2 rings (SSSR count). The Kier molecular flexibility index (Phi) is 5.62. The SMILES string of the molecule is CC(CCC(=O)O)NC(=O)C1(c2cccc(Br)c2)CCCC1. The maximum atomic E-state index is 12.9. The second kappa shape index (κ2) is 7.27. The Morgan fingerprint density at radius 2 is 2.05 bits per heavy atom. The van der Waals surface area contributed by atoms with E-state index in [4.69, 9.17) is 5.11 Å². The highest BCUT2D eigenvalue weighted by Crippen LogP contribution is 2.42. The minimum atomic E-state index is -0.830. The first-order valence-electron chi connectivity index (χ1n) is 7.73. The number of aliphatic carboxylic acids is 1. The number of carbonyl (C=O) groups excluding carboxylic acids is 1. The van der Waals surface area contributed by atoms with E-state index in [9.17, 15) is 9.59 Å². The van der Waals surface area contributed by atoms with Crippen LogP contribution in [0, 0.1) is 0 Å². The van der Waals surface area contributed by atoms with Gasteiger partial charge >= 0.3 is 5.97 Å². The highest BCUT2D eigenvalue weighted by Gasteiger charge is 2.43. The molecule has 22 heavy (non-hydrogen) atoms. The van der Waals surface area contributed by atoms with Gasteiger partial charge in [0.25, 0.3) is 0 Å². The summed E-state index contributed by atoms with van der Waals surface area (Å²) in [5.41, 5.74) is 0.573. The quantitative estimate of drug-likeness (QED) is 0.806. The topological polar surface area (TPSA) is 66.4 Å². The normalized spacial score (nSPS) is 17.9. The fourth-order valence-corrected chi connectivity index (χ4v) is 3.58. The van der Waals surface area contributed by atoms with Gasteiger partial charge in [-0.3, -0.25) is 9.59 Å². The van der Waals surface area contributed by atoms with Crippen LogP contribution in [0.25, 0.3) is 0 Å². The van der Waals surface area contributed by atoms with Crippen LogP contribution in [0.3, 0.4) is 0 Å². The number of halogens is 1. The molecule has 0 heterocycles. The molecule has 0 bridgehead atoms. The predicted molar refractivity (Wildman–Crippen MR) is 88.8 cm³/mol. The molecule has 0 aromatic heterocycles. The van der Waals surface area contributed by atoms with Crippen LogP contribution in [-0.4, -0.2) is 23.0 Å². The van der Waals surface area contributed by atoms with E-state index < -0.39 is 11.4 Å². The van der Waals surface area contributed by atoms with Gasteiger partial charge in [0.2, 0.25) is 5.91 Å². The van der Waals surface area contributed by atoms with Crippen molar-refractivity contribution in [1.82, 2.24) is 5.32 Å². The molecule has 120 valence electrons. The van der Waals surface area contributed by atoms with Gasteiger partial charge in [0, 0.05) is 16.9 Å². The molecule has 1 aliphatic carbocycles. The Morgan fingerprint density at radius 3 is 2.64 bits per heavy atom. The second-order valence-corrected chi connectivity index (χ2v) is 7.02. The number of carboxylic acid groups (broad SMARTS) is 1. The molecule has 0 radical (unpaired) electrons. The molecule has 1 fully saturated rings. The molecule has 1 unspecified atom stereocenters. The Labute approximate surface area is 139 Å². The molecular formula is C17H22BrNO3. The summed E-state index contributed by atoms with van der Waals surface area (Å²) in [5.74, 6) is -0.801. The number of carbonyl (C=O) groups is 2. The third-order valence-electron chi connectivity index (χ3n) is 4.44. The smallest absolute Gasteiger partial charge is 0.303 e. The van der Waals surface area contributed by atoms with Crippen molar-refractivity contribution < 1.29 is 14.7 Å². The third kappa shape index (κ3) is 3.88. The van der Waals surface area contributed by atoms with Crippen molar-refractivity contribution in [2.45, 2.75) is 56.9 Å². The Hall–Kier alpha value is -1.36. The number of nitrogens with one attached hydrogen (secondary N) is 1. The van der Waals surface area contributed by atoms with Gasteiger partial charge in [-0.15, -0.1) is 0 Å². The number of carboxylic acids is 1. The maximum Gasteiger partial charge on any atom is 0.303 e. The fourth-order valence-electron chi connectivity index (χ4n) is 3.19. The number of amides is 1. The van der Waals surface area contributed by atoms with Gasteiger partial charge in [-0.25, -0.2) is 0 Å². The van der Waals surface area contributed by atoms with E-state index in [1.807, 2.05) is 31.2 Å². The van der Waals surface area contributed by atoms with E-state index in [2.05, 4.69) is 21.2 Å². The van der Waals surface area contributed by atoms with Crippen LogP contribution < -0.4 is 5.32 Å². The molecule has 0 saturated heterocycles. The van der Waals surface area contributed by atoms with E-state index in [0.717, 1.165) is 35.7 Å². The van der Waals surface area contributed by atoms with Crippen LogP contribution >= 0.6 is 15.9 Å². The van der Waals surface area contributed by atoms with Gasteiger partial charge in [0.05, 0.1) is 5.41 Å². The standard InChI is InChI=1S/C17H22BrNO3/c1-12(7-8-15(20)21)19-16(22)17(9-2-3-10-17)13-5-4-6-14(18)11-13/h4-6,11-12H,2-3,7-10H2,1H3,(H,19,22)(H,20,21). The lowest BCUT2D eigenvalue weighted by Gasteiger charge is -2.30. The minimum Gasteiger partial charge on any atom is -0.481 e. The van der Waals surface area contributed by atoms with Gasteiger partial charge < -0.3 is 10.4 Å². The van der Waals surface area contributed by atoms with Gasteiger partial charge in [-0.1, -0.05) is 40.9 Å². The van der Waals surface area contributed by atoms with Crippen LogP contribution in [0.15, 0.2) is 28.7 Å². The van der Waals surface area contributed by atoms with E-state index >= 15 is 0 Å². The molecule has 4 nitrogen and oxygen atoms in total. The van der Waals surface area contributed by atoms with Gasteiger partial charge in [-0.05, 0) is 43.9 Å². The first-order chi connectivity index (χ1) is 10.4. The van der Waals surface area contributed by atoms with Gasteiger partial charge in [-0.2, -0.15) is 0 Å². The Morgan fingerprint density at radius 1 is 1.36 bits per heavy atom. The first kappa shape index (κ1) is 17.0. The Bertz CT molecular complexity index is 553. The molecule has 1 aliphatic rings. The highest BCUT2D eigenvalue weighted by atomic mass is 79.9. The van der Waals surface area contributed by atoms with Crippen molar-refractivity contribution in [2.24, 2.45) is 0 Å². The number of hydrogen-bond donors (Lipinski definition) is 2. The molecule has 1 saturated carbocycles. The summed E-state index contributed by atoms with van der Waals surface area (Å²) >= 11 is 3.48. The van der Waals surface area contributed by atoms with Crippen molar-refractivity contribution in [1.29, 1.82) is 0 Å². The van der Waals surface area contributed by atoms with E-state index in [1.54, 1.807) is 0 Å². The average Bonchev–Trinajstić information content (AvgIpc) is 2.96. The molecule has 1 aromatic rings. The molecule has 0 spiro atoms. The summed E-state index contributed by atoms with van der Waals surface area (Å²) in [6.07, 6.45) is 4.32. The molecule has 5 heteroatoms. The zero-order valence-corrected chi connectivity index (χ0v) is 14.4.